The van der Waals surface area contributed by atoms with Gasteiger partial charge < -0.3 is 15.4 Å². The molecule has 4 nitrogen and oxygen atoms in total. The fraction of sp³-hybridized carbons (Fsp3) is 0.923. The fourth-order valence-corrected chi connectivity index (χ4v) is 2.35. The highest BCUT2D eigenvalue weighted by Crippen LogP contribution is 2.19. The number of hydrogen-bond donors (Lipinski definition) is 1. The van der Waals surface area contributed by atoms with E-state index in [0.29, 0.717) is 12.3 Å². The summed E-state index contributed by atoms with van der Waals surface area (Å²) in [6, 6.07) is 0.194. The number of amides is 1. The van der Waals surface area contributed by atoms with Gasteiger partial charge in [0.1, 0.15) is 0 Å². The molecule has 0 spiro atoms. The lowest BCUT2D eigenvalue weighted by atomic mass is 9.92. The zero-order valence-corrected chi connectivity index (χ0v) is 12.4. The zero-order valence-electron chi connectivity index (χ0n) is 11.6. The summed E-state index contributed by atoms with van der Waals surface area (Å²) in [6.07, 6.45) is 4.79. The van der Waals surface area contributed by atoms with Gasteiger partial charge in [-0.15, -0.1) is 12.4 Å². The van der Waals surface area contributed by atoms with Crippen LogP contribution in [0.2, 0.25) is 0 Å². The molecule has 0 aromatic carbocycles. The van der Waals surface area contributed by atoms with E-state index in [4.69, 9.17) is 10.5 Å². The lowest BCUT2D eigenvalue weighted by Crippen LogP contribution is -2.45. The molecule has 2 N–H and O–H groups in total. The van der Waals surface area contributed by atoms with Crippen molar-refractivity contribution in [1.82, 2.24) is 4.90 Å². The Balaban J connectivity index is 0.00000289. The summed E-state index contributed by atoms with van der Waals surface area (Å²) in [4.78, 5) is 14.0. The molecule has 0 saturated carbocycles. The molecule has 0 radical (unpaired) electrons. The minimum absolute atomic E-state index is 0. The number of rotatable bonds is 6. The summed E-state index contributed by atoms with van der Waals surface area (Å²) in [5.74, 6) is 0.762. The van der Waals surface area contributed by atoms with Gasteiger partial charge in [-0.3, -0.25) is 4.79 Å². The maximum Gasteiger partial charge on any atom is 0.222 e. The van der Waals surface area contributed by atoms with E-state index >= 15 is 0 Å². The van der Waals surface area contributed by atoms with E-state index in [2.05, 4.69) is 0 Å². The minimum atomic E-state index is 0. The highest BCUT2D eigenvalue weighted by Gasteiger charge is 2.25. The van der Waals surface area contributed by atoms with Crippen molar-refractivity contribution in [2.45, 2.75) is 45.1 Å². The fourth-order valence-electron chi connectivity index (χ4n) is 2.35. The van der Waals surface area contributed by atoms with Crippen LogP contribution in [-0.4, -0.2) is 43.7 Å². The largest absolute Gasteiger partial charge is 0.385 e. The molecule has 1 amide bonds. The van der Waals surface area contributed by atoms with E-state index in [1.165, 1.54) is 0 Å². The molecule has 0 aliphatic carbocycles. The standard InChI is InChI=1S/C13H26N2O2.ClH/c1-11(14)12-6-5-8-15(10-12)13(16)7-3-4-9-17-2;/h11-12H,3-10,14H2,1-2H3;1H. The van der Waals surface area contributed by atoms with Crippen molar-refractivity contribution in [3.05, 3.63) is 0 Å². The van der Waals surface area contributed by atoms with Crippen LogP contribution in [0.3, 0.4) is 0 Å². The Hall–Kier alpha value is -0.320. The van der Waals surface area contributed by atoms with Crippen molar-refractivity contribution in [2.24, 2.45) is 11.7 Å². The van der Waals surface area contributed by atoms with Gasteiger partial charge in [0.05, 0.1) is 0 Å². The number of carbonyl (C=O) groups is 1. The van der Waals surface area contributed by atoms with E-state index in [1.54, 1.807) is 7.11 Å². The minimum Gasteiger partial charge on any atom is -0.385 e. The van der Waals surface area contributed by atoms with Crippen molar-refractivity contribution >= 4 is 18.3 Å². The number of nitrogens with two attached hydrogens (primary N) is 1. The van der Waals surface area contributed by atoms with Crippen molar-refractivity contribution < 1.29 is 9.53 Å². The van der Waals surface area contributed by atoms with Gasteiger partial charge in [-0.2, -0.15) is 0 Å². The molecular weight excluding hydrogens is 252 g/mol. The molecular formula is C13H27ClN2O2. The first-order valence-electron chi connectivity index (χ1n) is 6.67. The second-order valence-corrected chi connectivity index (χ2v) is 5.05. The predicted octanol–water partition coefficient (Wildman–Crippen LogP) is 1.81. The third-order valence-corrected chi connectivity index (χ3v) is 3.54. The third kappa shape index (κ3) is 6.03. The number of unbranched alkanes of at least 4 members (excludes halogenated alkanes) is 1. The second-order valence-electron chi connectivity index (χ2n) is 5.05. The molecule has 1 aliphatic rings. The van der Waals surface area contributed by atoms with Gasteiger partial charge in [0.25, 0.3) is 0 Å². The first kappa shape index (κ1) is 17.7. The van der Waals surface area contributed by atoms with Crippen LogP contribution in [-0.2, 0) is 9.53 Å². The van der Waals surface area contributed by atoms with Crippen LogP contribution in [0.15, 0.2) is 0 Å². The highest BCUT2D eigenvalue weighted by molar-refractivity contribution is 5.85. The zero-order chi connectivity index (χ0) is 12.7. The number of likely N-dealkylation sites (tertiary alicyclic amines) is 1. The smallest absolute Gasteiger partial charge is 0.222 e. The van der Waals surface area contributed by atoms with Crippen LogP contribution >= 0.6 is 12.4 Å². The quantitative estimate of drug-likeness (QED) is 0.754. The van der Waals surface area contributed by atoms with Crippen molar-refractivity contribution in [3.8, 4) is 0 Å². The van der Waals surface area contributed by atoms with Crippen LogP contribution in [0.25, 0.3) is 0 Å². The number of piperidine rings is 1. The number of ether oxygens (including phenoxy) is 1. The Labute approximate surface area is 117 Å². The van der Waals surface area contributed by atoms with Gasteiger partial charge in [0.15, 0.2) is 0 Å². The Morgan fingerprint density at radius 1 is 1.50 bits per heavy atom. The van der Waals surface area contributed by atoms with Gasteiger partial charge in [0.2, 0.25) is 5.91 Å². The number of methoxy groups -OCH3 is 1. The first-order valence-corrected chi connectivity index (χ1v) is 6.67. The summed E-state index contributed by atoms with van der Waals surface area (Å²) in [5.41, 5.74) is 5.91. The molecule has 0 aromatic heterocycles. The molecule has 1 rings (SSSR count). The Morgan fingerprint density at radius 3 is 2.83 bits per heavy atom. The summed E-state index contributed by atoms with van der Waals surface area (Å²) < 4.78 is 4.98. The van der Waals surface area contributed by atoms with E-state index in [0.717, 1.165) is 45.4 Å². The average molecular weight is 279 g/mol. The molecule has 2 atom stereocenters. The second kappa shape index (κ2) is 9.59. The van der Waals surface area contributed by atoms with Crippen LogP contribution in [0.1, 0.15) is 39.0 Å². The first-order chi connectivity index (χ1) is 8.15. The molecule has 1 saturated heterocycles. The summed E-state index contributed by atoms with van der Waals surface area (Å²) in [5, 5.41) is 0. The number of halogens is 1. The highest BCUT2D eigenvalue weighted by atomic mass is 35.5. The van der Waals surface area contributed by atoms with Crippen molar-refractivity contribution in [1.29, 1.82) is 0 Å². The van der Waals surface area contributed by atoms with Crippen LogP contribution < -0.4 is 5.73 Å². The Bertz CT molecular complexity index is 237. The van der Waals surface area contributed by atoms with Crippen molar-refractivity contribution in [3.63, 3.8) is 0 Å². The van der Waals surface area contributed by atoms with E-state index in [-0.39, 0.29) is 24.4 Å². The average Bonchev–Trinajstić information content (AvgIpc) is 2.34. The monoisotopic (exact) mass is 278 g/mol. The lowest BCUT2D eigenvalue weighted by Gasteiger charge is -2.34. The van der Waals surface area contributed by atoms with Crippen LogP contribution in [0, 0.1) is 5.92 Å². The van der Waals surface area contributed by atoms with E-state index < -0.39 is 0 Å². The topological polar surface area (TPSA) is 55.6 Å². The van der Waals surface area contributed by atoms with Gasteiger partial charge in [0, 0.05) is 39.3 Å². The third-order valence-electron chi connectivity index (χ3n) is 3.54. The number of nitrogens with zero attached hydrogens (tertiary/aromatic N) is 1. The maximum absolute atomic E-state index is 12.0. The molecule has 18 heavy (non-hydrogen) atoms. The number of hydrogen-bond acceptors (Lipinski definition) is 3. The van der Waals surface area contributed by atoms with Crippen LogP contribution in [0.5, 0.6) is 0 Å². The molecule has 0 aromatic rings. The van der Waals surface area contributed by atoms with Gasteiger partial charge in [-0.25, -0.2) is 0 Å². The van der Waals surface area contributed by atoms with E-state index in [1.807, 2.05) is 11.8 Å². The Kier molecular flexibility index (Phi) is 9.42. The molecule has 1 fully saturated rings. The summed E-state index contributed by atoms with van der Waals surface area (Å²) >= 11 is 0. The SMILES string of the molecule is COCCCCC(=O)N1CCCC(C(C)N)C1.Cl. The molecule has 5 heteroatoms. The predicted molar refractivity (Wildman–Crippen MR) is 75.9 cm³/mol. The van der Waals surface area contributed by atoms with Gasteiger partial charge in [-0.1, -0.05) is 0 Å². The summed E-state index contributed by atoms with van der Waals surface area (Å²) in [6.45, 7) is 4.54. The maximum atomic E-state index is 12.0. The molecule has 2 unspecified atom stereocenters. The lowest BCUT2D eigenvalue weighted by molar-refractivity contribution is -0.133. The van der Waals surface area contributed by atoms with Crippen LogP contribution in [0.4, 0.5) is 0 Å². The molecule has 0 bridgehead atoms. The van der Waals surface area contributed by atoms with E-state index in [9.17, 15) is 4.79 Å². The molecule has 1 aliphatic heterocycles. The van der Waals surface area contributed by atoms with Gasteiger partial charge >= 0.3 is 0 Å². The molecule has 1 heterocycles. The van der Waals surface area contributed by atoms with Crippen molar-refractivity contribution in [2.75, 3.05) is 26.8 Å². The normalized spacial score (nSPS) is 21.3. The Morgan fingerprint density at radius 2 is 2.22 bits per heavy atom. The van der Waals surface area contributed by atoms with Gasteiger partial charge in [-0.05, 0) is 38.5 Å². The molecule has 108 valence electrons. The number of carbonyl (C=O) groups excluding carboxylic acids is 1. The summed E-state index contributed by atoms with van der Waals surface area (Å²) in [7, 11) is 1.69.